The maximum Gasteiger partial charge on any atom is 0.325 e. The second-order valence-corrected chi connectivity index (χ2v) is 8.06. The molecule has 0 aliphatic carbocycles. The van der Waals surface area contributed by atoms with E-state index in [0.29, 0.717) is 35.3 Å². The van der Waals surface area contributed by atoms with E-state index >= 15 is 0 Å². The molecule has 0 aromatic heterocycles. The third-order valence-corrected chi connectivity index (χ3v) is 5.53. The average Bonchev–Trinajstić information content (AvgIpc) is 2.98. The Balaban J connectivity index is 1.37. The molecule has 0 saturated carbocycles. The van der Waals surface area contributed by atoms with Crippen LogP contribution in [0, 0.1) is 0 Å². The highest BCUT2D eigenvalue weighted by atomic mass is 35.5. The molecule has 0 unspecified atom stereocenters. The summed E-state index contributed by atoms with van der Waals surface area (Å²) in [5.74, 6) is 0.674. The van der Waals surface area contributed by atoms with Gasteiger partial charge in [0.2, 0.25) is 0 Å². The smallest absolute Gasteiger partial charge is 0.325 e. The van der Waals surface area contributed by atoms with Gasteiger partial charge in [-0.05, 0) is 42.3 Å². The maximum atomic E-state index is 13.1. The predicted octanol–water partition coefficient (Wildman–Crippen LogP) is 2.46. The molecule has 4 rings (SSSR count). The van der Waals surface area contributed by atoms with Crippen molar-refractivity contribution in [1.29, 1.82) is 0 Å². The first-order valence-electron chi connectivity index (χ1n) is 9.91. The first kappa shape index (κ1) is 21.4. The molecule has 31 heavy (non-hydrogen) atoms. The van der Waals surface area contributed by atoms with Crippen LogP contribution in [0.2, 0.25) is 5.02 Å². The number of nitrogens with one attached hydrogen (secondary N) is 1. The first-order chi connectivity index (χ1) is 14.9. The van der Waals surface area contributed by atoms with E-state index in [-0.39, 0.29) is 19.8 Å². The van der Waals surface area contributed by atoms with Crippen LogP contribution in [-0.2, 0) is 21.7 Å². The van der Waals surface area contributed by atoms with Crippen molar-refractivity contribution in [2.75, 3.05) is 26.4 Å². The van der Waals surface area contributed by atoms with Gasteiger partial charge in [0.1, 0.15) is 18.8 Å². The van der Waals surface area contributed by atoms with Crippen LogP contribution in [-0.4, -0.2) is 54.4 Å². The SMILES string of the molecule is C[C@@]1(c2ccc3c(c2)OCCO3)NC(=O)N(C[C@@H](O)COCc2ccc(Cl)cc2)C1=O. The van der Waals surface area contributed by atoms with Gasteiger partial charge < -0.3 is 24.6 Å². The zero-order valence-corrected chi connectivity index (χ0v) is 17.7. The molecule has 0 spiro atoms. The number of amides is 3. The van der Waals surface area contributed by atoms with Crippen LogP contribution in [0.4, 0.5) is 4.79 Å². The Morgan fingerprint density at radius 3 is 2.61 bits per heavy atom. The molecule has 2 atom stereocenters. The predicted molar refractivity (Wildman–Crippen MR) is 112 cm³/mol. The summed E-state index contributed by atoms with van der Waals surface area (Å²) in [6.07, 6.45) is -1.02. The number of fused-ring (bicyclic) bond motifs is 1. The normalized spacial score (nSPS) is 21.2. The molecule has 2 aliphatic rings. The Morgan fingerprint density at radius 2 is 1.87 bits per heavy atom. The van der Waals surface area contributed by atoms with E-state index in [0.717, 1.165) is 10.5 Å². The van der Waals surface area contributed by atoms with Crippen LogP contribution < -0.4 is 14.8 Å². The number of benzene rings is 2. The van der Waals surface area contributed by atoms with Gasteiger partial charge >= 0.3 is 6.03 Å². The number of hydrogen-bond acceptors (Lipinski definition) is 6. The Bertz CT molecular complexity index is 982. The minimum Gasteiger partial charge on any atom is -0.486 e. The van der Waals surface area contributed by atoms with Crippen molar-refractivity contribution in [3.8, 4) is 11.5 Å². The summed E-state index contributed by atoms with van der Waals surface area (Å²) in [6.45, 7) is 2.59. The standard InChI is InChI=1S/C22H23ClN2O6/c1-22(15-4-7-18-19(10-15)31-9-8-30-18)20(27)25(21(28)24-22)11-17(26)13-29-12-14-2-5-16(23)6-3-14/h2-7,10,17,26H,8-9,11-13H2,1H3,(H,24,28)/t17-,22+/m1/s1. The molecule has 1 fully saturated rings. The summed E-state index contributed by atoms with van der Waals surface area (Å²) in [7, 11) is 0. The van der Waals surface area contributed by atoms with E-state index in [4.69, 9.17) is 25.8 Å². The van der Waals surface area contributed by atoms with Gasteiger partial charge in [-0.15, -0.1) is 0 Å². The number of carbonyl (C=O) groups excluding carboxylic acids is 2. The molecular formula is C22H23ClN2O6. The fraction of sp³-hybridized carbons (Fsp3) is 0.364. The molecule has 2 aromatic carbocycles. The van der Waals surface area contributed by atoms with Crippen molar-refractivity contribution < 1.29 is 28.9 Å². The highest BCUT2D eigenvalue weighted by Gasteiger charge is 2.49. The van der Waals surface area contributed by atoms with Crippen LogP contribution in [0.5, 0.6) is 11.5 Å². The molecule has 0 radical (unpaired) electrons. The average molecular weight is 447 g/mol. The molecular weight excluding hydrogens is 424 g/mol. The molecule has 1 saturated heterocycles. The van der Waals surface area contributed by atoms with E-state index in [1.54, 1.807) is 37.3 Å². The quantitative estimate of drug-likeness (QED) is 0.634. The molecule has 8 nitrogen and oxygen atoms in total. The van der Waals surface area contributed by atoms with Crippen molar-refractivity contribution >= 4 is 23.5 Å². The Hall–Kier alpha value is -2.81. The van der Waals surface area contributed by atoms with Crippen LogP contribution >= 0.6 is 11.6 Å². The first-order valence-corrected chi connectivity index (χ1v) is 10.3. The minimum atomic E-state index is -1.27. The van der Waals surface area contributed by atoms with Gasteiger partial charge in [-0.25, -0.2) is 4.79 Å². The molecule has 3 amide bonds. The van der Waals surface area contributed by atoms with Gasteiger partial charge in [-0.3, -0.25) is 9.69 Å². The lowest BCUT2D eigenvalue weighted by molar-refractivity contribution is -0.132. The number of carbonyl (C=O) groups is 2. The second-order valence-electron chi connectivity index (χ2n) is 7.62. The third-order valence-electron chi connectivity index (χ3n) is 5.28. The highest BCUT2D eigenvalue weighted by molar-refractivity contribution is 6.30. The zero-order chi connectivity index (χ0) is 22.0. The Kier molecular flexibility index (Phi) is 6.04. The number of hydrogen-bond donors (Lipinski definition) is 2. The summed E-state index contributed by atoms with van der Waals surface area (Å²) < 4.78 is 16.6. The lowest BCUT2D eigenvalue weighted by Crippen LogP contribution is -2.42. The van der Waals surface area contributed by atoms with Crippen LogP contribution in [0.1, 0.15) is 18.1 Å². The van der Waals surface area contributed by atoms with Gasteiger partial charge in [0.25, 0.3) is 5.91 Å². The molecule has 2 aliphatic heterocycles. The van der Waals surface area contributed by atoms with Crippen LogP contribution in [0.25, 0.3) is 0 Å². The van der Waals surface area contributed by atoms with Crippen molar-refractivity contribution in [3.05, 3.63) is 58.6 Å². The van der Waals surface area contributed by atoms with Crippen LogP contribution in [0.3, 0.4) is 0 Å². The van der Waals surface area contributed by atoms with E-state index in [1.165, 1.54) is 0 Å². The topological polar surface area (TPSA) is 97.3 Å². The number of nitrogens with zero attached hydrogens (tertiary/aromatic N) is 1. The number of urea groups is 1. The second kappa shape index (κ2) is 8.74. The zero-order valence-electron chi connectivity index (χ0n) is 17.0. The molecule has 2 N–H and O–H groups in total. The maximum absolute atomic E-state index is 13.1. The van der Waals surface area contributed by atoms with Crippen molar-refractivity contribution in [1.82, 2.24) is 10.2 Å². The molecule has 164 valence electrons. The summed E-state index contributed by atoms with van der Waals surface area (Å²) in [4.78, 5) is 26.6. The van der Waals surface area contributed by atoms with Gasteiger partial charge in [0, 0.05) is 5.02 Å². The van der Waals surface area contributed by atoms with Gasteiger partial charge in [0.05, 0.1) is 25.9 Å². The fourth-order valence-corrected chi connectivity index (χ4v) is 3.70. The number of aliphatic hydroxyl groups is 1. The van der Waals surface area contributed by atoms with E-state index < -0.39 is 23.6 Å². The summed E-state index contributed by atoms with van der Waals surface area (Å²) in [6, 6.07) is 11.7. The molecule has 2 heterocycles. The third kappa shape index (κ3) is 4.46. The molecule has 9 heteroatoms. The summed E-state index contributed by atoms with van der Waals surface area (Å²) in [5.41, 5.74) is 0.209. The lowest BCUT2D eigenvalue weighted by Gasteiger charge is -2.25. The Labute approximate surface area is 184 Å². The number of rotatable bonds is 7. The van der Waals surface area contributed by atoms with Gasteiger partial charge in [-0.2, -0.15) is 0 Å². The summed E-state index contributed by atoms with van der Waals surface area (Å²) >= 11 is 5.85. The highest BCUT2D eigenvalue weighted by Crippen LogP contribution is 2.36. The van der Waals surface area contributed by atoms with Crippen molar-refractivity contribution in [3.63, 3.8) is 0 Å². The fourth-order valence-electron chi connectivity index (χ4n) is 3.57. The number of imide groups is 1. The van der Waals surface area contributed by atoms with E-state index in [2.05, 4.69) is 5.32 Å². The van der Waals surface area contributed by atoms with E-state index in [1.807, 2.05) is 12.1 Å². The van der Waals surface area contributed by atoms with Crippen molar-refractivity contribution in [2.24, 2.45) is 0 Å². The van der Waals surface area contributed by atoms with Crippen molar-refractivity contribution in [2.45, 2.75) is 25.2 Å². The largest absolute Gasteiger partial charge is 0.486 e. The number of aliphatic hydroxyl groups excluding tert-OH is 1. The van der Waals surface area contributed by atoms with Crippen LogP contribution in [0.15, 0.2) is 42.5 Å². The molecule has 2 aromatic rings. The van der Waals surface area contributed by atoms with Gasteiger partial charge in [0.15, 0.2) is 11.5 Å². The number of β-amino-alcohol motifs (C(OH)–C–C–N with tert-alkyl or cyclic N) is 1. The minimum absolute atomic E-state index is 0.0274. The summed E-state index contributed by atoms with van der Waals surface area (Å²) in [5, 5.41) is 13.7. The Morgan fingerprint density at radius 1 is 1.16 bits per heavy atom. The number of halogens is 1. The monoisotopic (exact) mass is 446 g/mol. The van der Waals surface area contributed by atoms with E-state index in [9.17, 15) is 14.7 Å². The molecule has 0 bridgehead atoms. The van der Waals surface area contributed by atoms with Gasteiger partial charge in [-0.1, -0.05) is 29.8 Å². The lowest BCUT2D eigenvalue weighted by atomic mass is 9.91. The number of ether oxygens (including phenoxy) is 3.